The largest absolute Gasteiger partial charge is 0.457 e. The van der Waals surface area contributed by atoms with E-state index in [0.29, 0.717) is 6.42 Å². The lowest BCUT2D eigenvalue weighted by Gasteiger charge is -2.23. The second-order valence-corrected chi connectivity index (χ2v) is 6.31. The fourth-order valence-electron chi connectivity index (χ4n) is 2.36. The van der Waals surface area contributed by atoms with Crippen molar-refractivity contribution in [1.29, 1.82) is 0 Å². The second-order valence-electron chi connectivity index (χ2n) is 6.31. The Kier molecular flexibility index (Phi) is 4.69. The predicted octanol–water partition coefficient (Wildman–Crippen LogP) is 5.22. The molecule has 2 nitrogen and oxygen atoms in total. The van der Waals surface area contributed by atoms with E-state index in [2.05, 4.69) is 26.8 Å². The zero-order chi connectivity index (χ0) is 15.5. The topological polar surface area (TPSA) is 29.5 Å². The lowest BCUT2D eigenvalue weighted by Crippen LogP contribution is -2.12. The lowest BCUT2D eigenvalue weighted by atomic mass is 9.86. The summed E-state index contributed by atoms with van der Waals surface area (Å²) in [4.78, 5) is 0. The molecule has 0 bridgehead atoms. The molecular formula is C19H24O2. The summed E-state index contributed by atoms with van der Waals surface area (Å²) < 4.78 is 6.13. The van der Waals surface area contributed by atoms with Crippen molar-refractivity contribution in [3.8, 4) is 11.5 Å². The minimum absolute atomic E-state index is 0.00884. The highest BCUT2D eigenvalue weighted by molar-refractivity contribution is 5.44. The number of aliphatic hydroxyl groups excluding tert-OH is 1. The average Bonchev–Trinajstić information content (AvgIpc) is 2.46. The standard InChI is InChI=1S/C19H24O2/c1-5-16(20)14-10-6-8-12-17(14)21-18-13-9-7-11-15(18)19(2,3)4/h6-13,16,20H,5H2,1-4H3/t16-/m1/s1. The van der Waals surface area contributed by atoms with Crippen molar-refractivity contribution in [2.45, 2.75) is 45.6 Å². The monoisotopic (exact) mass is 284 g/mol. The molecule has 0 aliphatic carbocycles. The molecule has 0 fully saturated rings. The van der Waals surface area contributed by atoms with Gasteiger partial charge in [0, 0.05) is 11.1 Å². The highest BCUT2D eigenvalue weighted by Crippen LogP contribution is 2.36. The van der Waals surface area contributed by atoms with Gasteiger partial charge in [-0.05, 0) is 24.0 Å². The van der Waals surface area contributed by atoms with Crippen LogP contribution in [0.1, 0.15) is 51.3 Å². The lowest BCUT2D eigenvalue weighted by molar-refractivity contribution is 0.170. The summed E-state index contributed by atoms with van der Waals surface area (Å²) in [5, 5.41) is 10.1. The Balaban J connectivity index is 2.40. The first kappa shape index (κ1) is 15.6. The molecule has 21 heavy (non-hydrogen) atoms. The molecule has 0 aliphatic rings. The first-order valence-corrected chi connectivity index (χ1v) is 7.48. The summed E-state index contributed by atoms with van der Waals surface area (Å²) in [6.07, 6.45) is 0.171. The molecule has 2 aromatic carbocycles. The number of hydrogen-bond donors (Lipinski definition) is 1. The van der Waals surface area contributed by atoms with Crippen LogP contribution in [0, 0.1) is 0 Å². The molecular weight excluding hydrogens is 260 g/mol. The fraction of sp³-hybridized carbons (Fsp3) is 0.368. The van der Waals surface area contributed by atoms with Crippen LogP contribution in [0.15, 0.2) is 48.5 Å². The van der Waals surface area contributed by atoms with Crippen LogP contribution in [-0.2, 0) is 5.41 Å². The van der Waals surface area contributed by atoms with Gasteiger partial charge in [0.25, 0.3) is 0 Å². The van der Waals surface area contributed by atoms with E-state index in [0.717, 1.165) is 22.6 Å². The second kappa shape index (κ2) is 6.31. The first-order chi connectivity index (χ1) is 9.93. The summed E-state index contributed by atoms with van der Waals surface area (Å²) in [5.41, 5.74) is 2.00. The molecule has 0 spiro atoms. The third-order valence-corrected chi connectivity index (χ3v) is 3.58. The van der Waals surface area contributed by atoms with E-state index >= 15 is 0 Å². The molecule has 0 heterocycles. The van der Waals surface area contributed by atoms with Gasteiger partial charge in [0.05, 0.1) is 6.10 Å². The maximum atomic E-state index is 10.1. The Labute approximate surface area is 127 Å². The van der Waals surface area contributed by atoms with Crippen molar-refractivity contribution in [1.82, 2.24) is 0 Å². The van der Waals surface area contributed by atoms with Crippen molar-refractivity contribution in [3.63, 3.8) is 0 Å². The van der Waals surface area contributed by atoms with Crippen molar-refractivity contribution < 1.29 is 9.84 Å². The number of benzene rings is 2. The zero-order valence-corrected chi connectivity index (χ0v) is 13.3. The SMILES string of the molecule is CC[C@@H](O)c1ccccc1Oc1ccccc1C(C)(C)C. The van der Waals surface area contributed by atoms with E-state index in [1.165, 1.54) is 0 Å². The van der Waals surface area contributed by atoms with Gasteiger partial charge in [0.2, 0.25) is 0 Å². The normalized spacial score (nSPS) is 13.0. The van der Waals surface area contributed by atoms with Crippen LogP contribution >= 0.6 is 0 Å². The molecule has 0 amide bonds. The third kappa shape index (κ3) is 3.64. The van der Waals surface area contributed by atoms with E-state index in [1.54, 1.807) is 0 Å². The Morgan fingerprint density at radius 3 is 2.14 bits per heavy atom. The molecule has 0 aliphatic heterocycles. The van der Waals surface area contributed by atoms with Gasteiger partial charge in [-0.15, -0.1) is 0 Å². The summed E-state index contributed by atoms with van der Waals surface area (Å²) in [5.74, 6) is 1.57. The van der Waals surface area contributed by atoms with E-state index in [9.17, 15) is 5.11 Å². The number of para-hydroxylation sites is 2. The molecule has 2 rings (SSSR count). The molecule has 0 saturated carbocycles. The number of ether oxygens (including phenoxy) is 1. The number of aliphatic hydroxyl groups is 1. The molecule has 0 saturated heterocycles. The molecule has 1 N–H and O–H groups in total. The zero-order valence-electron chi connectivity index (χ0n) is 13.3. The first-order valence-electron chi connectivity index (χ1n) is 7.48. The average molecular weight is 284 g/mol. The van der Waals surface area contributed by atoms with Crippen molar-refractivity contribution in [2.24, 2.45) is 0 Å². The fourth-order valence-corrected chi connectivity index (χ4v) is 2.36. The summed E-state index contributed by atoms with van der Waals surface area (Å²) in [7, 11) is 0. The summed E-state index contributed by atoms with van der Waals surface area (Å²) in [6, 6.07) is 15.8. The molecule has 112 valence electrons. The molecule has 2 heteroatoms. The Hall–Kier alpha value is -1.80. The van der Waals surface area contributed by atoms with Crippen LogP contribution in [0.3, 0.4) is 0 Å². The highest BCUT2D eigenvalue weighted by Gasteiger charge is 2.20. The van der Waals surface area contributed by atoms with Gasteiger partial charge in [-0.1, -0.05) is 64.1 Å². The summed E-state index contributed by atoms with van der Waals surface area (Å²) in [6.45, 7) is 8.47. The highest BCUT2D eigenvalue weighted by atomic mass is 16.5. The van der Waals surface area contributed by atoms with Crippen molar-refractivity contribution >= 4 is 0 Å². The molecule has 1 atom stereocenters. The van der Waals surface area contributed by atoms with Gasteiger partial charge in [-0.3, -0.25) is 0 Å². The van der Waals surface area contributed by atoms with Crippen LogP contribution in [0.25, 0.3) is 0 Å². The van der Waals surface area contributed by atoms with E-state index in [-0.39, 0.29) is 5.41 Å². The van der Waals surface area contributed by atoms with Crippen molar-refractivity contribution in [2.75, 3.05) is 0 Å². The molecule has 0 aromatic heterocycles. The molecule has 0 radical (unpaired) electrons. The Bertz CT molecular complexity index is 597. The van der Waals surface area contributed by atoms with Gasteiger partial charge in [-0.25, -0.2) is 0 Å². The van der Waals surface area contributed by atoms with Crippen LogP contribution in [0.2, 0.25) is 0 Å². The molecule has 2 aromatic rings. The maximum absolute atomic E-state index is 10.1. The summed E-state index contributed by atoms with van der Waals surface area (Å²) >= 11 is 0. The van der Waals surface area contributed by atoms with Crippen LogP contribution < -0.4 is 4.74 Å². The number of rotatable bonds is 4. The van der Waals surface area contributed by atoms with Crippen LogP contribution in [0.5, 0.6) is 11.5 Å². The van der Waals surface area contributed by atoms with Gasteiger partial charge in [-0.2, -0.15) is 0 Å². The van der Waals surface area contributed by atoms with Gasteiger partial charge in [0.15, 0.2) is 0 Å². The van der Waals surface area contributed by atoms with E-state index < -0.39 is 6.10 Å². The maximum Gasteiger partial charge on any atom is 0.133 e. The number of hydrogen-bond acceptors (Lipinski definition) is 2. The minimum Gasteiger partial charge on any atom is -0.457 e. The van der Waals surface area contributed by atoms with Gasteiger partial charge in [0.1, 0.15) is 11.5 Å². The van der Waals surface area contributed by atoms with E-state index in [1.807, 2.05) is 49.4 Å². The van der Waals surface area contributed by atoms with Crippen LogP contribution in [-0.4, -0.2) is 5.11 Å². The van der Waals surface area contributed by atoms with E-state index in [4.69, 9.17) is 4.74 Å². The Morgan fingerprint density at radius 1 is 0.952 bits per heavy atom. The third-order valence-electron chi connectivity index (χ3n) is 3.58. The quantitative estimate of drug-likeness (QED) is 0.834. The Morgan fingerprint density at radius 2 is 1.52 bits per heavy atom. The smallest absolute Gasteiger partial charge is 0.133 e. The minimum atomic E-state index is -0.497. The van der Waals surface area contributed by atoms with Crippen molar-refractivity contribution in [3.05, 3.63) is 59.7 Å². The van der Waals surface area contributed by atoms with Gasteiger partial charge >= 0.3 is 0 Å². The molecule has 0 unspecified atom stereocenters. The van der Waals surface area contributed by atoms with Crippen LogP contribution in [0.4, 0.5) is 0 Å². The predicted molar refractivity (Wildman–Crippen MR) is 86.9 cm³/mol. The van der Waals surface area contributed by atoms with Gasteiger partial charge < -0.3 is 9.84 Å².